The Bertz CT molecular complexity index is 806. The van der Waals surface area contributed by atoms with Crippen LogP contribution in [0.3, 0.4) is 0 Å². The predicted molar refractivity (Wildman–Crippen MR) is 100 cm³/mol. The van der Waals surface area contributed by atoms with Gasteiger partial charge in [0.2, 0.25) is 27.7 Å². The molecule has 0 aliphatic heterocycles. The van der Waals surface area contributed by atoms with Crippen LogP contribution in [-0.4, -0.2) is 51.8 Å². The van der Waals surface area contributed by atoms with Crippen LogP contribution in [0, 0.1) is 13.8 Å². The molecule has 0 aliphatic rings. The lowest BCUT2D eigenvalue weighted by atomic mass is 10.1. The molecule has 150 valence electrons. The number of carbonyl (C=O) groups excluding carboxylic acids is 3. The molecule has 3 amide bonds. The number of amides is 3. The van der Waals surface area contributed by atoms with Gasteiger partial charge in [0.1, 0.15) is 0 Å². The van der Waals surface area contributed by atoms with Crippen LogP contribution >= 0.6 is 0 Å². The summed E-state index contributed by atoms with van der Waals surface area (Å²) in [5, 5.41) is 7.24. The lowest BCUT2D eigenvalue weighted by molar-refractivity contribution is -0.127. The highest BCUT2D eigenvalue weighted by atomic mass is 32.2. The first-order chi connectivity index (χ1) is 12.5. The molecule has 9 nitrogen and oxygen atoms in total. The van der Waals surface area contributed by atoms with Crippen molar-refractivity contribution in [2.45, 2.75) is 38.6 Å². The van der Waals surface area contributed by atoms with Gasteiger partial charge in [0.05, 0.1) is 24.5 Å². The van der Waals surface area contributed by atoms with Crippen molar-refractivity contribution in [2.75, 3.05) is 19.6 Å². The number of aryl methyl sites for hydroxylation is 2. The fraction of sp³-hybridized carbons (Fsp3) is 0.471. The maximum absolute atomic E-state index is 12.2. The zero-order valence-electron chi connectivity index (χ0n) is 15.9. The van der Waals surface area contributed by atoms with Gasteiger partial charge in [-0.25, -0.2) is 13.1 Å². The highest BCUT2D eigenvalue weighted by molar-refractivity contribution is 7.89. The van der Waals surface area contributed by atoms with Crippen LogP contribution in [0.25, 0.3) is 0 Å². The molecular weight excluding hydrogens is 372 g/mol. The van der Waals surface area contributed by atoms with Gasteiger partial charge in [-0.05, 0) is 51.0 Å². The third-order valence-corrected chi connectivity index (χ3v) is 4.95. The summed E-state index contributed by atoms with van der Waals surface area (Å²) >= 11 is 0. The van der Waals surface area contributed by atoms with Gasteiger partial charge in [-0.1, -0.05) is 6.07 Å². The van der Waals surface area contributed by atoms with E-state index < -0.39 is 28.4 Å². The summed E-state index contributed by atoms with van der Waals surface area (Å²) in [6.45, 7) is 6.17. The van der Waals surface area contributed by atoms with Crippen molar-refractivity contribution in [1.29, 1.82) is 0 Å². The van der Waals surface area contributed by atoms with E-state index >= 15 is 0 Å². The van der Waals surface area contributed by atoms with Crippen molar-refractivity contribution in [1.82, 2.24) is 20.7 Å². The molecule has 0 fully saturated rings. The summed E-state index contributed by atoms with van der Waals surface area (Å²) in [7, 11) is -3.83. The highest BCUT2D eigenvalue weighted by Gasteiger charge is 2.16. The van der Waals surface area contributed by atoms with Gasteiger partial charge in [-0.2, -0.15) is 0 Å². The minimum atomic E-state index is -3.83. The number of sulfonamides is 1. The van der Waals surface area contributed by atoms with Crippen LogP contribution in [0.15, 0.2) is 23.1 Å². The molecule has 0 aliphatic carbocycles. The second kappa shape index (κ2) is 10.0. The maximum atomic E-state index is 12.2. The summed E-state index contributed by atoms with van der Waals surface area (Å²) in [4.78, 5) is 34.8. The van der Waals surface area contributed by atoms with Crippen LogP contribution in [0.4, 0.5) is 0 Å². The largest absolute Gasteiger partial charge is 0.352 e. The standard InChI is InChI=1S/C17H26N4O5S/c1-11(2)21-17(24)9-19-15(22)8-18-16(23)10-20-27(25,26)14-6-5-12(3)13(4)7-14/h5-7,11,20H,8-10H2,1-4H3,(H,18,23)(H,19,22)(H,21,24). The minimum absolute atomic E-state index is 0.0422. The number of nitrogens with one attached hydrogen (secondary N) is 4. The third-order valence-electron chi connectivity index (χ3n) is 3.55. The Kier molecular flexibility index (Phi) is 8.38. The Hall–Kier alpha value is -2.46. The number of hydrogen-bond donors (Lipinski definition) is 4. The average Bonchev–Trinajstić information content (AvgIpc) is 2.58. The lowest BCUT2D eigenvalue weighted by Crippen LogP contribution is -2.45. The van der Waals surface area contributed by atoms with Crippen molar-refractivity contribution >= 4 is 27.7 Å². The van der Waals surface area contributed by atoms with E-state index in [0.29, 0.717) is 0 Å². The Balaban J connectivity index is 2.41. The normalized spacial score (nSPS) is 11.1. The van der Waals surface area contributed by atoms with Crippen LogP contribution < -0.4 is 20.7 Å². The predicted octanol–water partition coefficient (Wildman–Crippen LogP) is -0.661. The Morgan fingerprint density at radius 1 is 0.889 bits per heavy atom. The van der Waals surface area contributed by atoms with E-state index in [4.69, 9.17) is 0 Å². The summed E-state index contributed by atoms with van der Waals surface area (Å²) in [5.41, 5.74) is 1.78. The molecule has 1 rings (SSSR count). The third kappa shape index (κ3) is 8.18. The molecule has 1 aromatic rings. The van der Waals surface area contributed by atoms with E-state index in [-0.39, 0.29) is 29.9 Å². The molecule has 0 heterocycles. The summed E-state index contributed by atoms with van der Waals surface area (Å²) < 4.78 is 26.6. The van der Waals surface area contributed by atoms with Crippen LogP contribution in [-0.2, 0) is 24.4 Å². The summed E-state index contributed by atoms with van der Waals surface area (Å²) in [6, 6.07) is 4.62. The Labute approximate surface area is 159 Å². The number of rotatable bonds is 9. The average molecular weight is 398 g/mol. The molecule has 0 bridgehead atoms. The van der Waals surface area contributed by atoms with Gasteiger partial charge in [0.25, 0.3) is 0 Å². The molecular formula is C17H26N4O5S. The molecule has 0 saturated heterocycles. The molecule has 4 N–H and O–H groups in total. The van der Waals surface area contributed by atoms with E-state index in [1.54, 1.807) is 26.8 Å². The SMILES string of the molecule is Cc1ccc(S(=O)(=O)NCC(=O)NCC(=O)NCC(=O)NC(C)C)cc1C. The molecule has 0 unspecified atom stereocenters. The van der Waals surface area contributed by atoms with Crippen molar-refractivity contribution < 1.29 is 22.8 Å². The first kappa shape index (κ1) is 22.6. The first-order valence-electron chi connectivity index (χ1n) is 8.41. The fourth-order valence-corrected chi connectivity index (χ4v) is 3.05. The minimum Gasteiger partial charge on any atom is -0.352 e. The lowest BCUT2D eigenvalue weighted by Gasteiger charge is -2.10. The van der Waals surface area contributed by atoms with Gasteiger partial charge in [0, 0.05) is 6.04 Å². The van der Waals surface area contributed by atoms with Crippen molar-refractivity contribution in [3.8, 4) is 0 Å². The van der Waals surface area contributed by atoms with E-state index in [0.717, 1.165) is 11.1 Å². The zero-order chi connectivity index (χ0) is 20.6. The Morgan fingerprint density at radius 3 is 2.00 bits per heavy atom. The monoisotopic (exact) mass is 398 g/mol. The molecule has 0 spiro atoms. The second-order valence-corrected chi connectivity index (χ2v) is 8.11. The van der Waals surface area contributed by atoms with Crippen LogP contribution in [0.2, 0.25) is 0 Å². The first-order valence-corrected chi connectivity index (χ1v) is 9.89. The van der Waals surface area contributed by atoms with Crippen molar-refractivity contribution in [3.63, 3.8) is 0 Å². The van der Waals surface area contributed by atoms with Gasteiger partial charge in [-0.15, -0.1) is 0 Å². The summed E-state index contributed by atoms with van der Waals surface area (Å²) in [5.74, 6) is -1.56. The Morgan fingerprint density at radius 2 is 1.44 bits per heavy atom. The smallest absolute Gasteiger partial charge is 0.241 e. The number of hydrogen-bond acceptors (Lipinski definition) is 5. The molecule has 27 heavy (non-hydrogen) atoms. The second-order valence-electron chi connectivity index (χ2n) is 6.35. The molecule has 10 heteroatoms. The van der Waals surface area contributed by atoms with Crippen LogP contribution in [0.1, 0.15) is 25.0 Å². The molecule has 1 aromatic carbocycles. The van der Waals surface area contributed by atoms with Gasteiger partial charge >= 0.3 is 0 Å². The molecule has 0 radical (unpaired) electrons. The summed E-state index contributed by atoms with van der Waals surface area (Å²) in [6.07, 6.45) is 0. The quantitative estimate of drug-likeness (QED) is 0.438. The van der Waals surface area contributed by atoms with Crippen molar-refractivity contribution in [2.24, 2.45) is 0 Å². The number of carbonyl (C=O) groups is 3. The molecule has 0 atom stereocenters. The van der Waals surface area contributed by atoms with Gasteiger partial charge in [-0.3, -0.25) is 14.4 Å². The highest BCUT2D eigenvalue weighted by Crippen LogP contribution is 2.14. The van der Waals surface area contributed by atoms with E-state index in [9.17, 15) is 22.8 Å². The molecule has 0 saturated carbocycles. The van der Waals surface area contributed by atoms with Crippen molar-refractivity contribution in [3.05, 3.63) is 29.3 Å². The maximum Gasteiger partial charge on any atom is 0.241 e. The van der Waals surface area contributed by atoms with Gasteiger partial charge < -0.3 is 16.0 Å². The van der Waals surface area contributed by atoms with E-state index in [2.05, 4.69) is 20.7 Å². The topological polar surface area (TPSA) is 133 Å². The fourth-order valence-electron chi connectivity index (χ4n) is 1.98. The number of benzene rings is 1. The van der Waals surface area contributed by atoms with Crippen LogP contribution in [0.5, 0.6) is 0 Å². The molecule has 0 aromatic heterocycles. The van der Waals surface area contributed by atoms with Gasteiger partial charge in [0.15, 0.2) is 0 Å². The zero-order valence-corrected chi connectivity index (χ0v) is 16.7. The van der Waals surface area contributed by atoms with E-state index in [1.165, 1.54) is 12.1 Å². The van der Waals surface area contributed by atoms with E-state index in [1.807, 2.05) is 6.92 Å².